The minimum atomic E-state index is -0.233. The van der Waals surface area contributed by atoms with E-state index in [0.717, 1.165) is 43.9 Å². The fraction of sp³-hybridized carbons (Fsp3) is 0.409. The highest BCUT2D eigenvalue weighted by atomic mass is 127. The predicted octanol–water partition coefficient (Wildman–Crippen LogP) is 3.87. The standard InChI is InChI=1S/C22H28FN3O2.HI/c1-24-21(25-15-17-4-3-5-19(23)14-17)26-16-22(10-12-28-13-11-22)18-6-8-20(27-2)9-7-18;/h3-9,14H,10-13,15-16H2,1-2H3,(H2,24,25,26);1H. The zero-order chi connectivity index (χ0) is 19.8. The lowest BCUT2D eigenvalue weighted by atomic mass is 9.74. The molecular weight excluding hydrogens is 484 g/mol. The maximum absolute atomic E-state index is 13.4. The van der Waals surface area contributed by atoms with Crippen LogP contribution in [0.2, 0.25) is 0 Å². The third-order valence-electron chi connectivity index (χ3n) is 5.32. The Balaban J connectivity index is 0.00000300. The average molecular weight is 513 g/mol. The van der Waals surface area contributed by atoms with Crippen LogP contribution in [-0.2, 0) is 16.7 Å². The van der Waals surface area contributed by atoms with Gasteiger partial charge in [-0.1, -0.05) is 24.3 Å². The number of nitrogens with one attached hydrogen (secondary N) is 2. The molecule has 2 N–H and O–H groups in total. The Bertz CT molecular complexity index is 793. The molecule has 0 radical (unpaired) electrons. The van der Waals surface area contributed by atoms with E-state index >= 15 is 0 Å². The topological polar surface area (TPSA) is 54.9 Å². The second-order valence-electron chi connectivity index (χ2n) is 7.03. The van der Waals surface area contributed by atoms with Crippen molar-refractivity contribution in [1.29, 1.82) is 0 Å². The summed E-state index contributed by atoms with van der Waals surface area (Å²) in [5, 5.41) is 6.71. The Kier molecular flexibility index (Phi) is 9.16. The van der Waals surface area contributed by atoms with Gasteiger partial charge in [-0.3, -0.25) is 4.99 Å². The number of ether oxygens (including phenoxy) is 2. The van der Waals surface area contributed by atoms with E-state index in [-0.39, 0.29) is 35.2 Å². The van der Waals surface area contributed by atoms with Crippen LogP contribution in [0.1, 0.15) is 24.0 Å². The Hall–Kier alpha value is -1.87. The Morgan fingerprint density at radius 1 is 1.14 bits per heavy atom. The molecule has 1 aliphatic rings. The van der Waals surface area contributed by atoms with E-state index in [1.807, 2.05) is 18.2 Å². The number of halogens is 2. The van der Waals surface area contributed by atoms with Crippen LogP contribution >= 0.6 is 24.0 Å². The Morgan fingerprint density at radius 2 is 1.86 bits per heavy atom. The zero-order valence-corrected chi connectivity index (χ0v) is 19.2. The first-order valence-electron chi connectivity index (χ1n) is 9.56. The first-order chi connectivity index (χ1) is 13.6. The van der Waals surface area contributed by atoms with Gasteiger partial charge in [0.25, 0.3) is 0 Å². The number of hydrogen-bond donors (Lipinski definition) is 2. The summed E-state index contributed by atoms with van der Waals surface area (Å²) in [6.45, 7) is 2.73. The summed E-state index contributed by atoms with van der Waals surface area (Å²) in [5.41, 5.74) is 2.12. The van der Waals surface area contributed by atoms with E-state index in [4.69, 9.17) is 9.47 Å². The SMILES string of the molecule is CN=C(NCc1cccc(F)c1)NCC1(c2ccc(OC)cc2)CCOCC1.I. The van der Waals surface area contributed by atoms with E-state index in [2.05, 4.69) is 27.8 Å². The molecule has 5 nitrogen and oxygen atoms in total. The van der Waals surface area contributed by atoms with Gasteiger partial charge in [-0.2, -0.15) is 0 Å². The summed E-state index contributed by atoms with van der Waals surface area (Å²) in [5.74, 6) is 1.32. The lowest BCUT2D eigenvalue weighted by Gasteiger charge is -2.38. The summed E-state index contributed by atoms with van der Waals surface area (Å²) in [7, 11) is 3.42. The molecule has 2 aromatic carbocycles. The van der Waals surface area contributed by atoms with E-state index in [9.17, 15) is 4.39 Å². The number of hydrogen-bond acceptors (Lipinski definition) is 3. The van der Waals surface area contributed by atoms with Gasteiger partial charge in [0.15, 0.2) is 5.96 Å². The largest absolute Gasteiger partial charge is 0.497 e. The van der Waals surface area contributed by atoms with Gasteiger partial charge < -0.3 is 20.1 Å². The molecule has 1 heterocycles. The molecule has 0 aromatic heterocycles. The molecule has 1 saturated heterocycles. The molecule has 1 fully saturated rings. The lowest BCUT2D eigenvalue weighted by Crippen LogP contribution is -2.47. The molecule has 0 bridgehead atoms. The van der Waals surface area contributed by atoms with Crippen LogP contribution in [0, 0.1) is 5.82 Å². The van der Waals surface area contributed by atoms with Gasteiger partial charge in [0.2, 0.25) is 0 Å². The van der Waals surface area contributed by atoms with Gasteiger partial charge in [0.05, 0.1) is 7.11 Å². The Labute approximate surface area is 189 Å². The maximum atomic E-state index is 13.4. The van der Waals surface area contributed by atoms with Crippen molar-refractivity contribution in [1.82, 2.24) is 10.6 Å². The molecule has 2 aromatic rings. The summed E-state index contributed by atoms with van der Waals surface area (Å²) >= 11 is 0. The van der Waals surface area contributed by atoms with Crippen LogP contribution in [0.4, 0.5) is 4.39 Å². The highest BCUT2D eigenvalue weighted by Crippen LogP contribution is 2.35. The van der Waals surface area contributed by atoms with Gasteiger partial charge in [0, 0.05) is 38.8 Å². The lowest BCUT2D eigenvalue weighted by molar-refractivity contribution is 0.0513. The monoisotopic (exact) mass is 513 g/mol. The van der Waals surface area contributed by atoms with Crippen molar-refractivity contribution >= 4 is 29.9 Å². The summed E-state index contributed by atoms with van der Waals surface area (Å²) in [4.78, 5) is 4.31. The zero-order valence-electron chi connectivity index (χ0n) is 16.9. The molecule has 3 rings (SSSR count). The number of rotatable bonds is 6. The maximum Gasteiger partial charge on any atom is 0.191 e. The van der Waals surface area contributed by atoms with Crippen molar-refractivity contribution < 1.29 is 13.9 Å². The second kappa shape index (κ2) is 11.3. The molecule has 1 aliphatic heterocycles. The number of aliphatic imine (C=N–C) groups is 1. The summed E-state index contributed by atoms with van der Waals surface area (Å²) < 4.78 is 24.3. The van der Waals surface area contributed by atoms with E-state index < -0.39 is 0 Å². The molecule has 0 unspecified atom stereocenters. The van der Waals surface area contributed by atoms with Gasteiger partial charge in [-0.25, -0.2) is 4.39 Å². The minimum absolute atomic E-state index is 0. The molecule has 0 spiro atoms. The third kappa shape index (κ3) is 6.30. The first kappa shape index (κ1) is 23.4. The minimum Gasteiger partial charge on any atom is -0.497 e. The van der Waals surface area contributed by atoms with Gasteiger partial charge in [-0.05, 0) is 48.2 Å². The quantitative estimate of drug-likeness (QED) is 0.350. The van der Waals surface area contributed by atoms with Crippen LogP contribution in [0.25, 0.3) is 0 Å². The van der Waals surface area contributed by atoms with Gasteiger partial charge >= 0.3 is 0 Å². The van der Waals surface area contributed by atoms with Gasteiger partial charge in [-0.15, -0.1) is 24.0 Å². The fourth-order valence-electron chi connectivity index (χ4n) is 3.58. The van der Waals surface area contributed by atoms with Crippen LogP contribution in [0.5, 0.6) is 5.75 Å². The van der Waals surface area contributed by atoms with Gasteiger partial charge in [0.1, 0.15) is 11.6 Å². The third-order valence-corrected chi connectivity index (χ3v) is 5.32. The molecule has 158 valence electrons. The van der Waals surface area contributed by atoms with Crippen LogP contribution in [-0.4, -0.2) is 39.9 Å². The Morgan fingerprint density at radius 3 is 2.48 bits per heavy atom. The molecule has 0 amide bonds. The van der Waals surface area contributed by atoms with Crippen molar-refractivity contribution in [2.24, 2.45) is 4.99 Å². The summed E-state index contributed by atoms with van der Waals surface area (Å²) in [6, 6.07) is 14.8. The van der Waals surface area contributed by atoms with Crippen LogP contribution in [0.3, 0.4) is 0 Å². The van der Waals surface area contributed by atoms with Crippen LogP contribution < -0.4 is 15.4 Å². The molecule has 0 aliphatic carbocycles. The van der Waals surface area contributed by atoms with Crippen molar-refractivity contribution in [2.75, 3.05) is 33.9 Å². The number of guanidine groups is 1. The number of methoxy groups -OCH3 is 1. The molecule has 7 heteroatoms. The molecular formula is C22H29FIN3O2. The van der Waals surface area contributed by atoms with E-state index in [0.29, 0.717) is 12.5 Å². The number of nitrogens with zero attached hydrogens (tertiary/aromatic N) is 1. The van der Waals surface area contributed by atoms with Crippen molar-refractivity contribution in [3.8, 4) is 5.75 Å². The van der Waals surface area contributed by atoms with Crippen LogP contribution in [0.15, 0.2) is 53.5 Å². The predicted molar refractivity (Wildman–Crippen MR) is 125 cm³/mol. The molecule has 0 atom stereocenters. The first-order valence-corrected chi connectivity index (χ1v) is 9.56. The van der Waals surface area contributed by atoms with Crippen molar-refractivity contribution in [3.63, 3.8) is 0 Å². The van der Waals surface area contributed by atoms with Crippen molar-refractivity contribution in [2.45, 2.75) is 24.8 Å². The second-order valence-corrected chi connectivity index (χ2v) is 7.03. The van der Waals surface area contributed by atoms with E-state index in [1.54, 1.807) is 20.2 Å². The smallest absolute Gasteiger partial charge is 0.191 e. The highest BCUT2D eigenvalue weighted by Gasteiger charge is 2.34. The highest BCUT2D eigenvalue weighted by molar-refractivity contribution is 14.0. The molecule has 0 saturated carbocycles. The number of benzene rings is 2. The van der Waals surface area contributed by atoms with Crippen molar-refractivity contribution in [3.05, 3.63) is 65.5 Å². The summed E-state index contributed by atoms with van der Waals surface area (Å²) in [6.07, 6.45) is 1.88. The average Bonchev–Trinajstić information content (AvgIpc) is 2.74. The normalized spacial score (nSPS) is 15.9. The molecule has 29 heavy (non-hydrogen) atoms. The fourth-order valence-corrected chi connectivity index (χ4v) is 3.58. The van der Waals surface area contributed by atoms with E-state index in [1.165, 1.54) is 17.7 Å².